The SMILES string of the molecule is CC1=NC2[CH-]CCC2C2=C1NC(=O)C2.[W]. The average Bonchev–Trinajstić information content (AvgIpc) is 2.69. The second-order valence-corrected chi connectivity index (χ2v) is 4.25. The van der Waals surface area contributed by atoms with Crippen LogP contribution in [0, 0.1) is 12.3 Å². The largest absolute Gasteiger partial charge is 0.324 e. The van der Waals surface area contributed by atoms with E-state index in [1.165, 1.54) is 5.57 Å². The first kappa shape index (κ1) is 11.1. The molecule has 2 atom stereocenters. The van der Waals surface area contributed by atoms with Crippen molar-refractivity contribution in [1.29, 1.82) is 0 Å². The van der Waals surface area contributed by atoms with Crippen LogP contribution in [0.15, 0.2) is 16.3 Å². The number of carbonyl (C=O) groups is 1. The van der Waals surface area contributed by atoms with Crippen LogP contribution in [-0.4, -0.2) is 17.7 Å². The van der Waals surface area contributed by atoms with Crippen LogP contribution in [0.4, 0.5) is 0 Å². The predicted octanol–water partition coefficient (Wildman–Crippen LogP) is 1.22. The van der Waals surface area contributed by atoms with Crippen LogP contribution in [0.2, 0.25) is 0 Å². The second-order valence-electron chi connectivity index (χ2n) is 4.25. The van der Waals surface area contributed by atoms with Gasteiger partial charge in [0.25, 0.3) is 0 Å². The van der Waals surface area contributed by atoms with Gasteiger partial charge in [-0.25, -0.2) is 0 Å². The zero-order valence-electron chi connectivity index (χ0n) is 8.62. The molecular formula is C11H13N2OW-. The van der Waals surface area contributed by atoms with Crippen molar-refractivity contribution in [1.82, 2.24) is 5.32 Å². The minimum Gasteiger partial charge on any atom is -0.324 e. The monoisotopic (exact) mass is 373 g/mol. The summed E-state index contributed by atoms with van der Waals surface area (Å²) in [6, 6.07) is 0.349. The van der Waals surface area contributed by atoms with E-state index in [1.54, 1.807) is 0 Å². The summed E-state index contributed by atoms with van der Waals surface area (Å²) < 4.78 is 0. The van der Waals surface area contributed by atoms with Crippen molar-refractivity contribution in [2.75, 3.05) is 0 Å². The fourth-order valence-electron chi connectivity index (χ4n) is 2.76. The van der Waals surface area contributed by atoms with Crippen molar-refractivity contribution in [2.45, 2.75) is 32.2 Å². The third-order valence-electron chi connectivity index (χ3n) is 3.39. The Balaban J connectivity index is 0.000000853. The van der Waals surface area contributed by atoms with Crippen LogP contribution in [0.25, 0.3) is 0 Å². The van der Waals surface area contributed by atoms with Crippen LogP contribution in [-0.2, 0) is 25.9 Å². The van der Waals surface area contributed by atoms with E-state index >= 15 is 0 Å². The molecule has 1 saturated carbocycles. The summed E-state index contributed by atoms with van der Waals surface area (Å²) in [5.74, 6) is 0.643. The minimum atomic E-state index is 0. The first-order valence-corrected chi connectivity index (χ1v) is 5.16. The molecule has 1 N–H and O–H groups in total. The van der Waals surface area contributed by atoms with Crippen LogP contribution < -0.4 is 5.32 Å². The summed E-state index contributed by atoms with van der Waals surface area (Å²) in [7, 11) is 0. The summed E-state index contributed by atoms with van der Waals surface area (Å²) in [5.41, 5.74) is 3.33. The van der Waals surface area contributed by atoms with Crippen LogP contribution in [0.3, 0.4) is 0 Å². The Morgan fingerprint density at radius 1 is 1.53 bits per heavy atom. The Morgan fingerprint density at radius 2 is 2.33 bits per heavy atom. The van der Waals surface area contributed by atoms with Crippen LogP contribution >= 0.6 is 0 Å². The molecule has 1 fully saturated rings. The van der Waals surface area contributed by atoms with Gasteiger partial charge in [-0.15, -0.1) is 0 Å². The smallest absolute Gasteiger partial charge is 0.228 e. The topological polar surface area (TPSA) is 41.5 Å². The molecule has 0 aromatic rings. The van der Waals surface area contributed by atoms with Gasteiger partial charge >= 0.3 is 0 Å². The number of fused-ring (bicyclic) bond motifs is 2. The van der Waals surface area contributed by atoms with Gasteiger partial charge in [0.1, 0.15) is 0 Å². The molecule has 1 aliphatic carbocycles. The number of hydrogen-bond acceptors (Lipinski definition) is 2. The number of rotatable bonds is 0. The molecule has 2 unspecified atom stereocenters. The molecular weight excluding hydrogens is 360 g/mol. The zero-order valence-corrected chi connectivity index (χ0v) is 11.6. The van der Waals surface area contributed by atoms with Crippen molar-refractivity contribution in [3.63, 3.8) is 0 Å². The number of hydrogen-bond donors (Lipinski definition) is 1. The number of nitrogens with zero attached hydrogens (tertiary/aromatic N) is 1. The number of nitrogens with one attached hydrogen (secondary N) is 1. The van der Waals surface area contributed by atoms with E-state index in [4.69, 9.17) is 0 Å². The third kappa shape index (κ3) is 1.61. The van der Waals surface area contributed by atoms with Crippen molar-refractivity contribution >= 4 is 11.6 Å². The van der Waals surface area contributed by atoms with Crippen molar-refractivity contribution in [3.05, 3.63) is 17.7 Å². The molecule has 0 aromatic heterocycles. The van der Waals surface area contributed by atoms with Gasteiger partial charge in [-0.1, -0.05) is 12.5 Å². The van der Waals surface area contributed by atoms with Gasteiger partial charge < -0.3 is 16.7 Å². The molecule has 0 spiro atoms. The minimum absolute atomic E-state index is 0. The summed E-state index contributed by atoms with van der Waals surface area (Å²) in [5, 5.41) is 2.91. The molecule has 3 nitrogen and oxygen atoms in total. The van der Waals surface area contributed by atoms with E-state index in [1.807, 2.05) is 6.92 Å². The molecule has 1 amide bonds. The summed E-state index contributed by atoms with van der Waals surface area (Å²) in [4.78, 5) is 15.9. The van der Waals surface area contributed by atoms with E-state index in [9.17, 15) is 4.79 Å². The molecule has 3 rings (SSSR count). The number of amides is 1. The van der Waals surface area contributed by atoms with Gasteiger partial charge in [-0.3, -0.25) is 4.79 Å². The summed E-state index contributed by atoms with van der Waals surface area (Å²) in [6.07, 6.45) is 5.17. The van der Waals surface area contributed by atoms with Crippen LogP contribution in [0.5, 0.6) is 0 Å². The summed E-state index contributed by atoms with van der Waals surface area (Å²) >= 11 is 0. The van der Waals surface area contributed by atoms with Gasteiger partial charge in [-0.05, 0) is 18.4 Å². The molecule has 15 heavy (non-hydrogen) atoms. The van der Waals surface area contributed by atoms with Crippen molar-refractivity contribution in [3.8, 4) is 0 Å². The first-order valence-electron chi connectivity index (χ1n) is 5.16. The third-order valence-corrected chi connectivity index (χ3v) is 3.39. The van der Waals surface area contributed by atoms with Crippen molar-refractivity contribution < 1.29 is 25.9 Å². The molecule has 4 heteroatoms. The van der Waals surface area contributed by atoms with Gasteiger partial charge in [0.05, 0.1) is 17.8 Å². The quantitative estimate of drug-likeness (QED) is 0.638. The summed E-state index contributed by atoms with van der Waals surface area (Å²) in [6.45, 7) is 1.99. The first-order chi connectivity index (χ1) is 6.75. The van der Waals surface area contributed by atoms with E-state index in [0.29, 0.717) is 18.4 Å². The molecule has 3 aliphatic rings. The maximum Gasteiger partial charge on any atom is 0.228 e. The Morgan fingerprint density at radius 3 is 3.13 bits per heavy atom. The number of aliphatic imine (C=N–C) groups is 1. The molecule has 80 valence electrons. The maximum absolute atomic E-state index is 11.3. The second kappa shape index (κ2) is 3.86. The Kier molecular flexibility index (Phi) is 2.85. The van der Waals surface area contributed by atoms with E-state index in [2.05, 4.69) is 16.7 Å². The van der Waals surface area contributed by atoms with Gasteiger partial charge in [0.15, 0.2) is 0 Å². The fraction of sp³-hybridized carbons (Fsp3) is 0.545. The Hall–Kier alpha value is -0.432. The number of carbonyl (C=O) groups excluding carboxylic acids is 1. The van der Waals surface area contributed by atoms with Gasteiger partial charge in [0, 0.05) is 21.1 Å². The van der Waals surface area contributed by atoms with Crippen LogP contribution in [0.1, 0.15) is 26.2 Å². The molecule has 2 aliphatic heterocycles. The standard InChI is InChI=1S/C11H13N2O.W/c1-6-11-8(5-10(14)13-11)7-3-2-4-9(7)12-6;/h4,7,9H,2-3,5H2,1H3,(H,13,14);/q-1;. The normalized spacial score (nSPS) is 32.9. The Bertz CT molecular complexity index is 373. The Labute approximate surface area is 104 Å². The van der Waals surface area contributed by atoms with E-state index < -0.39 is 0 Å². The maximum atomic E-state index is 11.3. The molecule has 0 radical (unpaired) electrons. The predicted molar refractivity (Wildman–Crippen MR) is 53.7 cm³/mol. The molecule has 0 bridgehead atoms. The zero-order chi connectivity index (χ0) is 9.71. The molecule has 2 heterocycles. The number of dihydropyridines is 1. The van der Waals surface area contributed by atoms with E-state index in [-0.39, 0.29) is 27.0 Å². The average molecular weight is 373 g/mol. The van der Waals surface area contributed by atoms with E-state index in [0.717, 1.165) is 24.3 Å². The molecule has 0 aromatic carbocycles. The fourth-order valence-corrected chi connectivity index (χ4v) is 2.76. The number of allylic oxidation sites excluding steroid dienone is 1. The van der Waals surface area contributed by atoms with Gasteiger partial charge in [-0.2, -0.15) is 6.42 Å². The van der Waals surface area contributed by atoms with Gasteiger partial charge in [0.2, 0.25) is 5.91 Å². The molecule has 0 saturated heterocycles. The van der Waals surface area contributed by atoms with Crippen molar-refractivity contribution in [2.24, 2.45) is 10.9 Å².